The first-order valence-electron chi connectivity index (χ1n) is 10.3. The van der Waals surface area contributed by atoms with Crippen molar-refractivity contribution in [2.24, 2.45) is 0 Å². The quantitative estimate of drug-likeness (QED) is 0.585. The monoisotopic (exact) mass is 412 g/mol. The van der Waals surface area contributed by atoms with Crippen LogP contribution < -0.4 is 15.4 Å². The van der Waals surface area contributed by atoms with Gasteiger partial charge in [0.05, 0.1) is 24.0 Å². The zero-order valence-corrected chi connectivity index (χ0v) is 17.2. The topological polar surface area (TPSA) is 85.9 Å². The normalized spacial score (nSPS) is 15.6. The highest BCUT2D eigenvalue weighted by molar-refractivity contribution is 6.09. The van der Waals surface area contributed by atoms with Crippen molar-refractivity contribution < 1.29 is 23.8 Å². The van der Waals surface area contributed by atoms with Gasteiger partial charge in [-0.15, -0.1) is 0 Å². The van der Waals surface area contributed by atoms with Crippen LogP contribution in [0.3, 0.4) is 0 Å². The Morgan fingerprint density at radius 3 is 2.60 bits per heavy atom. The molecule has 0 bridgehead atoms. The van der Waals surface area contributed by atoms with Crippen LogP contribution in [0.5, 0.6) is 5.75 Å². The second-order valence-corrected chi connectivity index (χ2v) is 6.91. The first-order chi connectivity index (χ1) is 14.7. The van der Waals surface area contributed by atoms with Crippen LogP contribution in [-0.4, -0.2) is 50.9 Å². The number of carbonyl (C=O) groups excluding carboxylic acids is 2. The van der Waals surface area contributed by atoms with Crippen molar-refractivity contribution in [3.05, 3.63) is 59.7 Å². The summed E-state index contributed by atoms with van der Waals surface area (Å²) in [5.74, 6) is 0.134. The summed E-state index contributed by atoms with van der Waals surface area (Å²) in [4.78, 5) is 25.2. The van der Waals surface area contributed by atoms with Gasteiger partial charge in [0.25, 0.3) is 11.8 Å². The van der Waals surface area contributed by atoms with E-state index in [1.807, 2.05) is 6.92 Å². The van der Waals surface area contributed by atoms with Gasteiger partial charge in [0.2, 0.25) is 0 Å². The number of rotatable bonds is 10. The van der Waals surface area contributed by atoms with E-state index in [-0.39, 0.29) is 17.9 Å². The first kappa shape index (κ1) is 21.8. The third kappa shape index (κ3) is 6.30. The second-order valence-electron chi connectivity index (χ2n) is 6.91. The molecule has 7 heteroatoms. The number of hydrogen-bond acceptors (Lipinski definition) is 5. The molecule has 30 heavy (non-hydrogen) atoms. The van der Waals surface area contributed by atoms with Gasteiger partial charge in [-0.05, 0) is 56.2 Å². The summed E-state index contributed by atoms with van der Waals surface area (Å²) in [7, 11) is 0. The van der Waals surface area contributed by atoms with E-state index < -0.39 is 0 Å². The van der Waals surface area contributed by atoms with Gasteiger partial charge < -0.3 is 24.8 Å². The van der Waals surface area contributed by atoms with Crippen LogP contribution in [0.2, 0.25) is 0 Å². The number of para-hydroxylation sites is 1. The largest absolute Gasteiger partial charge is 0.491 e. The zero-order chi connectivity index (χ0) is 21.2. The molecule has 160 valence electrons. The number of benzene rings is 2. The van der Waals surface area contributed by atoms with E-state index in [2.05, 4.69) is 10.6 Å². The van der Waals surface area contributed by atoms with Crippen LogP contribution in [-0.2, 0) is 9.47 Å². The highest BCUT2D eigenvalue weighted by Gasteiger charge is 2.18. The number of hydrogen-bond donors (Lipinski definition) is 2. The lowest BCUT2D eigenvalue weighted by atomic mass is 10.1. The molecular weight excluding hydrogens is 384 g/mol. The molecule has 1 saturated heterocycles. The predicted molar refractivity (Wildman–Crippen MR) is 114 cm³/mol. The Hall–Kier alpha value is -2.90. The molecule has 2 aromatic carbocycles. The van der Waals surface area contributed by atoms with E-state index in [1.165, 1.54) is 0 Å². The summed E-state index contributed by atoms with van der Waals surface area (Å²) < 4.78 is 16.3. The van der Waals surface area contributed by atoms with Crippen molar-refractivity contribution in [1.29, 1.82) is 0 Å². The fourth-order valence-corrected chi connectivity index (χ4v) is 3.16. The van der Waals surface area contributed by atoms with Gasteiger partial charge >= 0.3 is 0 Å². The van der Waals surface area contributed by atoms with Gasteiger partial charge in [-0.3, -0.25) is 9.59 Å². The Bertz CT molecular complexity index is 832. The molecule has 1 aliphatic heterocycles. The molecule has 2 N–H and O–H groups in total. The van der Waals surface area contributed by atoms with Gasteiger partial charge in [0.1, 0.15) is 12.4 Å². The molecule has 2 amide bonds. The Labute approximate surface area is 176 Å². The molecule has 0 spiro atoms. The van der Waals surface area contributed by atoms with Gasteiger partial charge in [-0.2, -0.15) is 0 Å². The Kier molecular flexibility index (Phi) is 8.23. The number of amides is 2. The smallest absolute Gasteiger partial charge is 0.255 e. The van der Waals surface area contributed by atoms with Crippen molar-refractivity contribution in [1.82, 2.24) is 5.32 Å². The van der Waals surface area contributed by atoms with Crippen molar-refractivity contribution in [2.45, 2.75) is 25.9 Å². The molecular formula is C23H28N2O5. The van der Waals surface area contributed by atoms with Crippen molar-refractivity contribution in [3.8, 4) is 5.75 Å². The summed E-state index contributed by atoms with van der Waals surface area (Å²) >= 11 is 0. The fraction of sp³-hybridized carbons (Fsp3) is 0.391. The van der Waals surface area contributed by atoms with Crippen LogP contribution in [0.15, 0.2) is 48.5 Å². The van der Waals surface area contributed by atoms with E-state index in [0.717, 1.165) is 19.4 Å². The molecule has 1 aliphatic rings. The standard InChI is InChI=1S/C23H28N2O5/c1-2-28-14-15-30-18-11-9-17(10-12-18)22(26)25-21-8-4-3-7-20(21)23(27)24-16-19-6-5-13-29-19/h3-4,7-12,19H,2,5-6,13-16H2,1H3,(H,24,27)(H,25,26)/t19-/m0/s1. The average Bonchev–Trinajstić information content (AvgIpc) is 3.29. The summed E-state index contributed by atoms with van der Waals surface area (Å²) in [6.45, 7) is 4.75. The van der Waals surface area contributed by atoms with Crippen LogP contribution in [0.25, 0.3) is 0 Å². The summed E-state index contributed by atoms with van der Waals surface area (Å²) in [6, 6.07) is 13.8. The van der Waals surface area contributed by atoms with Gasteiger partial charge in [-0.25, -0.2) is 0 Å². The van der Waals surface area contributed by atoms with Crippen LogP contribution in [0.1, 0.15) is 40.5 Å². The van der Waals surface area contributed by atoms with Gasteiger partial charge in [0, 0.05) is 25.3 Å². The Morgan fingerprint density at radius 1 is 1.07 bits per heavy atom. The van der Waals surface area contributed by atoms with E-state index in [9.17, 15) is 9.59 Å². The van der Waals surface area contributed by atoms with Crippen LogP contribution in [0, 0.1) is 0 Å². The van der Waals surface area contributed by atoms with E-state index in [0.29, 0.717) is 48.9 Å². The molecule has 1 fully saturated rings. The molecule has 7 nitrogen and oxygen atoms in total. The van der Waals surface area contributed by atoms with E-state index >= 15 is 0 Å². The Morgan fingerprint density at radius 2 is 1.87 bits per heavy atom. The second kappa shape index (κ2) is 11.3. The maximum Gasteiger partial charge on any atom is 0.255 e. The molecule has 0 saturated carbocycles. The predicted octanol–water partition coefficient (Wildman–Crippen LogP) is 3.26. The number of nitrogens with one attached hydrogen (secondary N) is 2. The van der Waals surface area contributed by atoms with Crippen molar-refractivity contribution in [3.63, 3.8) is 0 Å². The van der Waals surface area contributed by atoms with Gasteiger partial charge in [-0.1, -0.05) is 12.1 Å². The molecule has 0 aromatic heterocycles. The lowest BCUT2D eigenvalue weighted by Gasteiger charge is -2.14. The molecule has 1 atom stereocenters. The SMILES string of the molecule is CCOCCOc1ccc(C(=O)Nc2ccccc2C(=O)NC[C@@H]2CCCO2)cc1. The minimum absolute atomic E-state index is 0.0602. The van der Waals surface area contributed by atoms with Crippen molar-refractivity contribution >= 4 is 17.5 Å². The Balaban J connectivity index is 1.57. The van der Waals surface area contributed by atoms with Gasteiger partial charge in [0.15, 0.2) is 0 Å². The number of anilines is 1. The molecule has 0 radical (unpaired) electrons. The minimum atomic E-state index is -0.296. The number of ether oxygens (including phenoxy) is 3. The highest BCUT2D eigenvalue weighted by Crippen LogP contribution is 2.18. The molecule has 0 unspecified atom stereocenters. The third-order valence-electron chi connectivity index (χ3n) is 4.75. The van der Waals surface area contributed by atoms with E-state index in [4.69, 9.17) is 14.2 Å². The molecule has 0 aliphatic carbocycles. The zero-order valence-electron chi connectivity index (χ0n) is 17.2. The highest BCUT2D eigenvalue weighted by atomic mass is 16.5. The summed E-state index contributed by atoms with van der Waals surface area (Å²) in [5, 5.41) is 5.71. The summed E-state index contributed by atoms with van der Waals surface area (Å²) in [6.07, 6.45) is 2.03. The maximum absolute atomic E-state index is 12.6. The van der Waals surface area contributed by atoms with E-state index in [1.54, 1.807) is 48.5 Å². The molecule has 3 rings (SSSR count). The number of carbonyl (C=O) groups is 2. The van der Waals surface area contributed by atoms with Crippen LogP contribution in [0.4, 0.5) is 5.69 Å². The van der Waals surface area contributed by atoms with Crippen LogP contribution >= 0.6 is 0 Å². The fourth-order valence-electron chi connectivity index (χ4n) is 3.16. The molecule has 2 aromatic rings. The minimum Gasteiger partial charge on any atom is -0.491 e. The lowest BCUT2D eigenvalue weighted by molar-refractivity contribution is 0.0858. The average molecular weight is 412 g/mol. The molecule has 1 heterocycles. The third-order valence-corrected chi connectivity index (χ3v) is 4.75. The first-order valence-corrected chi connectivity index (χ1v) is 10.3. The summed E-state index contributed by atoms with van der Waals surface area (Å²) in [5.41, 5.74) is 1.35. The maximum atomic E-state index is 12.6. The lowest BCUT2D eigenvalue weighted by Crippen LogP contribution is -2.32. The van der Waals surface area contributed by atoms with Crippen molar-refractivity contribution in [2.75, 3.05) is 38.3 Å².